The van der Waals surface area contributed by atoms with E-state index in [9.17, 15) is 14.4 Å². The minimum Gasteiger partial charge on any atom is -0.479 e. The quantitative estimate of drug-likeness (QED) is 0.300. The number of esters is 2. The molecule has 0 atom stereocenters. The molecule has 1 amide bonds. The van der Waals surface area contributed by atoms with E-state index in [-0.39, 0.29) is 30.2 Å². The van der Waals surface area contributed by atoms with Gasteiger partial charge in [0.1, 0.15) is 5.00 Å². The van der Waals surface area contributed by atoms with Crippen LogP contribution in [0.25, 0.3) is 20.5 Å². The SMILES string of the molecule is CCOC(=O)COc1c(C(=O)OC)sc2cc3ccc(N(C(=O)OC)C4CCCCC4)sc-3c12. The second-order valence-corrected chi connectivity index (χ2v) is 10.0. The lowest BCUT2D eigenvalue weighted by Crippen LogP contribution is -2.41. The van der Waals surface area contributed by atoms with Crippen LogP contribution in [0.5, 0.6) is 5.75 Å². The maximum Gasteiger partial charge on any atom is 0.414 e. The summed E-state index contributed by atoms with van der Waals surface area (Å²) in [7, 11) is 2.70. The maximum atomic E-state index is 12.8. The summed E-state index contributed by atoms with van der Waals surface area (Å²) in [5.41, 5.74) is 0.959. The van der Waals surface area contributed by atoms with Gasteiger partial charge in [-0.05, 0) is 37.5 Å². The zero-order chi connectivity index (χ0) is 24.2. The predicted octanol–water partition coefficient (Wildman–Crippen LogP) is 5.70. The topological polar surface area (TPSA) is 91.4 Å². The summed E-state index contributed by atoms with van der Waals surface area (Å²) < 4.78 is 21.7. The van der Waals surface area contributed by atoms with Gasteiger partial charge in [0.15, 0.2) is 17.2 Å². The highest BCUT2D eigenvalue weighted by Crippen LogP contribution is 2.50. The van der Waals surface area contributed by atoms with E-state index >= 15 is 0 Å². The minimum atomic E-state index is -0.534. The third-order valence-electron chi connectivity index (χ3n) is 5.84. The van der Waals surface area contributed by atoms with E-state index in [0.29, 0.717) is 5.75 Å². The number of thiophene rings is 1. The van der Waals surface area contributed by atoms with Gasteiger partial charge in [-0.2, -0.15) is 0 Å². The number of ether oxygens (including phenoxy) is 4. The van der Waals surface area contributed by atoms with E-state index in [4.69, 9.17) is 18.9 Å². The summed E-state index contributed by atoms with van der Waals surface area (Å²) in [6, 6.07) is 5.94. The van der Waals surface area contributed by atoms with Crippen molar-refractivity contribution in [3.05, 3.63) is 23.1 Å². The molecule has 1 saturated carbocycles. The van der Waals surface area contributed by atoms with Crippen molar-refractivity contribution < 1.29 is 33.3 Å². The van der Waals surface area contributed by atoms with E-state index in [1.165, 1.54) is 43.3 Å². The second-order valence-electron chi connectivity index (χ2n) is 7.92. The summed E-state index contributed by atoms with van der Waals surface area (Å²) in [5, 5.41) is 1.49. The fraction of sp³-hybridized carbons (Fsp3) is 0.458. The van der Waals surface area contributed by atoms with Crippen molar-refractivity contribution in [1.82, 2.24) is 0 Å². The number of methoxy groups -OCH3 is 2. The average molecular weight is 506 g/mol. The van der Waals surface area contributed by atoms with Gasteiger partial charge in [0.05, 0.1) is 26.2 Å². The summed E-state index contributed by atoms with van der Waals surface area (Å²) >= 11 is 2.69. The molecule has 0 bridgehead atoms. The Morgan fingerprint density at radius 2 is 1.82 bits per heavy atom. The molecule has 2 heterocycles. The second kappa shape index (κ2) is 10.6. The van der Waals surface area contributed by atoms with Crippen LogP contribution in [-0.4, -0.2) is 51.5 Å². The van der Waals surface area contributed by atoms with Crippen LogP contribution in [0.15, 0.2) is 18.2 Å². The highest BCUT2D eigenvalue weighted by molar-refractivity contribution is 7.24. The van der Waals surface area contributed by atoms with Crippen LogP contribution in [0, 0.1) is 0 Å². The Hall–Kier alpha value is -2.85. The van der Waals surface area contributed by atoms with Crippen molar-refractivity contribution >= 4 is 55.8 Å². The Bertz CT molecular complexity index is 1160. The van der Waals surface area contributed by atoms with Crippen molar-refractivity contribution in [2.24, 2.45) is 0 Å². The largest absolute Gasteiger partial charge is 0.479 e. The monoisotopic (exact) mass is 505 g/mol. The number of anilines is 1. The number of hydrogen-bond acceptors (Lipinski definition) is 9. The molecule has 0 radical (unpaired) electrons. The highest BCUT2D eigenvalue weighted by atomic mass is 32.1. The fourth-order valence-electron chi connectivity index (χ4n) is 4.32. The lowest BCUT2D eigenvalue weighted by atomic mass is 9.94. The molecule has 0 N–H and O–H groups in total. The molecular formula is C24H27NO7S2. The third kappa shape index (κ3) is 4.69. The molecule has 0 spiro atoms. The minimum absolute atomic E-state index is 0.0768. The Labute approximate surface area is 205 Å². The van der Waals surface area contributed by atoms with Crippen molar-refractivity contribution in [3.63, 3.8) is 0 Å². The lowest BCUT2D eigenvalue weighted by molar-refractivity contribution is -0.145. The maximum absolute atomic E-state index is 12.8. The van der Waals surface area contributed by atoms with Crippen LogP contribution in [-0.2, 0) is 19.0 Å². The van der Waals surface area contributed by atoms with Gasteiger partial charge in [-0.15, -0.1) is 22.7 Å². The molecule has 3 aliphatic rings. The number of carbonyl (C=O) groups excluding carboxylic acids is 3. The molecule has 0 aromatic carbocycles. The van der Waals surface area contributed by atoms with Crippen LogP contribution in [0.1, 0.15) is 48.7 Å². The van der Waals surface area contributed by atoms with Gasteiger partial charge < -0.3 is 18.9 Å². The van der Waals surface area contributed by atoms with Gasteiger partial charge in [-0.25, -0.2) is 14.4 Å². The first-order valence-corrected chi connectivity index (χ1v) is 12.8. The van der Waals surface area contributed by atoms with Crippen molar-refractivity contribution in [1.29, 1.82) is 0 Å². The molecule has 2 aliphatic carbocycles. The molecule has 1 aliphatic heterocycles. The normalized spacial score (nSPS) is 14.2. The van der Waals surface area contributed by atoms with Crippen LogP contribution in [0.4, 0.5) is 9.80 Å². The van der Waals surface area contributed by atoms with Gasteiger partial charge in [-0.3, -0.25) is 4.90 Å². The van der Waals surface area contributed by atoms with Gasteiger partial charge in [0, 0.05) is 15.6 Å². The molecule has 1 fully saturated rings. The lowest BCUT2D eigenvalue weighted by Gasteiger charge is -2.33. The number of carbonyl (C=O) groups is 3. The smallest absolute Gasteiger partial charge is 0.414 e. The van der Waals surface area contributed by atoms with Crippen molar-refractivity contribution in [2.75, 3.05) is 32.3 Å². The Balaban J connectivity index is 1.81. The molecule has 10 heteroatoms. The van der Waals surface area contributed by atoms with Gasteiger partial charge in [0.2, 0.25) is 0 Å². The average Bonchev–Trinajstić information content (AvgIpc) is 3.39. The van der Waals surface area contributed by atoms with Crippen LogP contribution < -0.4 is 9.64 Å². The first-order valence-electron chi connectivity index (χ1n) is 11.2. The Morgan fingerprint density at radius 3 is 2.50 bits per heavy atom. The molecule has 4 rings (SSSR count). The number of nitrogens with zero attached hydrogens (tertiary/aromatic N) is 1. The third-order valence-corrected chi connectivity index (χ3v) is 8.12. The van der Waals surface area contributed by atoms with Gasteiger partial charge in [0.25, 0.3) is 0 Å². The van der Waals surface area contributed by atoms with E-state index < -0.39 is 11.9 Å². The van der Waals surface area contributed by atoms with Crippen molar-refractivity contribution in [2.45, 2.75) is 45.1 Å². The van der Waals surface area contributed by atoms with Crippen LogP contribution in [0.3, 0.4) is 0 Å². The first kappa shape index (κ1) is 24.3. The van der Waals surface area contributed by atoms with Gasteiger partial charge in [-0.1, -0.05) is 25.3 Å². The number of amides is 1. The summed E-state index contributed by atoms with van der Waals surface area (Å²) in [5.74, 6) is -0.759. The van der Waals surface area contributed by atoms with E-state index in [0.717, 1.165) is 51.2 Å². The summed E-state index contributed by atoms with van der Waals surface area (Å²) in [4.78, 5) is 40.0. The predicted molar refractivity (Wildman–Crippen MR) is 132 cm³/mol. The van der Waals surface area contributed by atoms with E-state index in [1.807, 2.05) is 18.2 Å². The fourth-order valence-corrected chi connectivity index (χ4v) is 6.72. The van der Waals surface area contributed by atoms with Gasteiger partial charge >= 0.3 is 18.0 Å². The zero-order valence-corrected chi connectivity index (χ0v) is 21.0. The number of rotatable bonds is 7. The Kier molecular flexibility index (Phi) is 7.57. The molecule has 1 aromatic rings. The van der Waals surface area contributed by atoms with Crippen molar-refractivity contribution in [3.8, 4) is 16.2 Å². The first-order chi connectivity index (χ1) is 16.5. The standard InChI is InChI=1S/C24H27NO7S2/c1-4-31-18(26)13-32-20-19-16(33-22(20)23(27)29-2)12-14-10-11-17(34-21(14)19)25(24(28)30-3)15-8-6-5-7-9-15/h10-12,15H,4-9,13H2,1-3H3. The van der Waals surface area contributed by atoms with E-state index in [2.05, 4.69) is 0 Å². The highest BCUT2D eigenvalue weighted by Gasteiger charge is 2.31. The zero-order valence-electron chi connectivity index (χ0n) is 19.4. The van der Waals surface area contributed by atoms with Crippen LogP contribution in [0.2, 0.25) is 0 Å². The summed E-state index contributed by atoms with van der Waals surface area (Å²) in [6.45, 7) is 1.63. The number of hydrogen-bond donors (Lipinski definition) is 0. The number of fused-ring (bicyclic) bond motifs is 3. The Morgan fingerprint density at radius 1 is 1.06 bits per heavy atom. The molecule has 8 nitrogen and oxygen atoms in total. The molecule has 0 unspecified atom stereocenters. The molecular weight excluding hydrogens is 478 g/mol. The molecule has 182 valence electrons. The molecule has 0 saturated heterocycles. The molecule has 34 heavy (non-hydrogen) atoms. The van der Waals surface area contributed by atoms with E-state index in [1.54, 1.807) is 11.8 Å². The van der Waals surface area contributed by atoms with Crippen LogP contribution >= 0.6 is 22.7 Å². The molecule has 1 aromatic heterocycles. The summed E-state index contributed by atoms with van der Waals surface area (Å²) in [6.07, 6.45) is 4.79.